The smallest absolute Gasteiger partial charge is 0.304 e. The van der Waals surface area contributed by atoms with E-state index in [0.29, 0.717) is 6.04 Å². The Morgan fingerprint density at radius 2 is 2.50 bits per heavy atom. The molecule has 0 spiro atoms. The molecule has 0 aliphatic carbocycles. The number of hydrogen-bond acceptors (Lipinski definition) is 4. The van der Waals surface area contributed by atoms with Gasteiger partial charge in [-0.15, -0.1) is 0 Å². The van der Waals surface area contributed by atoms with E-state index in [1.54, 1.807) is 0 Å². The molecule has 0 aromatic carbocycles. The van der Waals surface area contributed by atoms with Gasteiger partial charge in [0.2, 0.25) is 0 Å². The molecule has 2 heterocycles. The van der Waals surface area contributed by atoms with Crippen molar-refractivity contribution >= 4 is 11.3 Å². The molecule has 5 heteroatoms. The highest BCUT2D eigenvalue weighted by molar-refractivity contribution is 7.07. The quantitative estimate of drug-likeness (QED) is 0.844. The van der Waals surface area contributed by atoms with Gasteiger partial charge >= 0.3 is 4.87 Å². The van der Waals surface area contributed by atoms with Crippen LogP contribution in [0.25, 0.3) is 0 Å². The molecule has 1 aromatic rings. The normalized spacial score (nSPS) is 24.5. The van der Waals surface area contributed by atoms with Crippen LogP contribution in [-0.4, -0.2) is 23.2 Å². The molecule has 0 bridgehead atoms. The molecule has 1 unspecified atom stereocenters. The van der Waals surface area contributed by atoms with Gasteiger partial charge in [-0.2, -0.15) is 0 Å². The Hall–Kier alpha value is -0.650. The Labute approximate surface area is 99.0 Å². The van der Waals surface area contributed by atoms with Crippen LogP contribution in [0.2, 0.25) is 0 Å². The summed E-state index contributed by atoms with van der Waals surface area (Å²) in [7, 11) is 0. The number of hydrogen-bond donors (Lipinski definition) is 2. The van der Waals surface area contributed by atoms with Crippen molar-refractivity contribution in [2.75, 3.05) is 6.61 Å². The van der Waals surface area contributed by atoms with Gasteiger partial charge in [-0.1, -0.05) is 11.3 Å². The fraction of sp³-hybridized carbons (Fsp3) is 0.727. The van der Waals surface area contributed by atoms with Crippen molar-refractivity contribution in [1.29, 1.82) is 0 Å². The summed E-state index contributed by atoms with van der Waals surface area (Å²) < 4.78 is 5.66. The van der Waals surface area contributed by atoms with Crippen molar-refractivity contribution < 1.29 is 4.74 Å². The highest BCUT2D eigenvalue weighted by atomic mass is 32.1. The number of thiazole rings is 1. The highest BCUT2D eigenvalue weighted by Gasteiger charge is 2.28. The first-order valence-electron chi connectivity index (χ1n) is 5.59. The van der Waals surface area contributed by atoms with Gasteiger partial charge in [0.1, 0.15) is 0 Å². The Bertz CT molecular complexity index is 397. The fourth-order valence-electron chi connectivity index (χ4n) is 2.06. The molecule has 1 fully saturated rings. The van der Waals surface area contributed by atoms with Gasteiger partial charge in [0.25, 0.3) is 0 Å². The lowest BCUT2D eigenvalue weighted by molar-refractivity contribution is -0.0631. The molecule has 1 aliphatic rings. The summed E-state index contributed by atoms with van der Waals surface area (Å²) in [5, 5.41) is 5.34. The van der Waals surface area contributed by atoms with Crippen molar-refractivity contribution in [1.82, 2.24) is 10.3 Å². The predicted octanol–water partition coefficient (Wildman–Crippen LogP) is 1.48. The zero-order valence-corrected chi connectivity index (χ0v) is 10.5. The SMILES string of the molecule is CC1(C)CC(NCc2csc(=O)[nH]2)CCO1. The van der Waals surface area contributed by atoms with Gasteiger partial charge in [-0.25, -0.2) is 0 Å². The van der Waals surface area contributed by atoms with E-state index in [4.69, 9.17) is 4.74 Å². The van der Waals surface area contributed by atoms with Gasteiger partial charge in [-0.05, 0) is 26.7 Å². The van der Waals surface area contributed by atoms with E-state index in [9.17, 15) is 4.79 Å². The Balaban J connectivity index is 1.84. The molecule has 1 saturated heterocycles. The first kappa shape index (κ1) is 11.8. The molecule has 1 atom stereocenters. The van der Waals surface area contributed by atoms with Crippen LogP contribution in [0.15, 0.2) is 10.2 Å². The minimum Gasteiger partial charge on any atom is -0.375 e. The van der Waals surface area contributed by atoms with E-state index in [0.717, 1.165) is 31.7 Å². The number of rotatable bonds is 3. The van der Waals surface area contributed by atoms with E-state index in [1.807, 2.05) is 5.38 Å². The molecule has 90 valence electrons. The number of H-pyrrole nitrogens is 1. The van der Waals surface area contributed by atoms with E-state index < -0.39 is 0 Å². The zero-order chi connectivity index (χ0) is 11.6. The zero-order valence-electron chi connectivity index (χ0n) is 9.71. The molecule has 2 rings (SSSR count). The average molecular weight is 242 g/mol. The monoisotopic (exact) mass is 242 g/mol. The first-order valence-corrected chi connectivity index (χ1v) is 6.47. The van der Waals surface area contributed by atoms with Gasteiger partial charge in [-0.3, -0.25) is 4.79 Å². The third-order valence-corrected chi connectivity index (χ3v) is 3.57. The number of nitrogens with one attached hydrogen (secondary N) is 2. The molecule has 2 N–H and O–H groups in total. The third-order valence-electron chi connectivity index (χ3n) is 2.85. The fourth-order valence-corrected chi connectivity index (χ4v) is 2.64. The van der Waals surface area contributed by atoms with Crippen LogP contribution in [0.5, 0.6) is 0 Å². The summed E-state index contributed by atoms with van der Waals surface area (Å²) in [4.78, 5) is 13.8. The topological polar surface area (TPSA) is 54.1 Å². The maximum Gasteiger partial charge on any atom is 0.304 e. The van der Waals surface area contributed by atoms with Crippen LogP contribution in [0.3, 0.4) is 0 Å². The van der Waals surface area contributed by atoms with E-state index >= 15 is 0 Å². The molecular formula is C11H18N2O2S. The summed E-state index contributed by atoms with van der Waals surface area (Å²) in [5.74, 6) is 0. The van der Waals surface area contributed by atoms with Crippen molar-refractivity contribution in [2.24, 2.45) is 0 Å². The van der Waals surface area contributed by atoms with Crippen molar-refractivity contribution in [3.05, 3.63) is 20.7 Å². The lowest BCUT2D eigenvalue weighted by atomic mass is 9.94. The van der Waals surface area contributed by atoms with E-state index in [-0.39, 0.29) is 10.5 Å². The Kier molecular flexibility index (Phi) is 3.47. The predicted molar refractivity (Wildman–Crippen MR) is 64.8 cm³/mol. The molecule has 1 aliphatic heterocycles. The van der Waals surface area contributed by atoms with Crippen LogP contribution in [0, 0.1) is 0 Å². The molecule has 0 saturated carbocycles. The Morgan fingerprint density at radius 3 is 3.12 bits per heavy atom. The standard InChI is InChI=1S/C11H18N2O2S/c1-11(2)5-8(3-4-15-11)12-6-9-7-16-10(14)13-9/h7-8,12H,3-6H2,1-2H3,(H,13,14). The molecule has 0 amide bonds. The van der Waals surface area contributed by atoms with Crippen LogP contribution in [0.1, 0.15) is 32.4 Å². The summed E-state index contributed by atoms with van der Waals surface area (Å²) >= 11 is 1.21. The van der Waals surface area contributed by atoms with E-state index in [1.165, 1.54) is 11.3 Å². The largest absolute Gasteiger partial charge is 0.375 e. The van der Waals surface area contributed by atoms with Crippen LogP contribution < -0.4 is 10.2 Å². The second kappa shape index (κ2) is 4.69. The molecule has 4 nitrogen and oxygen atoms in total. The number of aromatic amines is 1. The van der Waals surface area contributed by atoms with Gasteiger partial charge in [0.15, 0.2) is 0 Å². The maximum absolute atomic E-state index is 11.0. The van der Waals surface area contributed by atoms with E-state index in [2.05, 4.69) is 24.1 Å². The maximum atomic E-state index is 11.0. The molecule has 16 heavy (non-hydrogen) atoms. The summed E-state index contributed by atoms with van der Waals surface area (Å²) in [6, 6.07) is 0.479. The third kappa shape index (κ3) is 3.17. The summed E-state index contributed by atoms with van der Waals surface area (Å²) in [5.41, 5.74) is 0.942. The summed E-state index contributed by atoms with van der Waals surface area (Å²) in [6.07, 6.45) is 2.05. The second-order valence-electron chi connectivity index (χ2n) is 4.85. The Morgan fingerprint density at radius 1 is 1.69 bits per heavy atom. The van der Waals surface area contributed by atoms with Gasteiger partial charge < -0.3 is 15.0 Å². The molecule has 1 aromatic heterocycles. The number of ether oxygens (including phenoxy) is 1. The lowest BCUT2D eigenvalue weighted by Crippen LogP contribution is -2.43. The minimum atomic E-state index is -0.0298. The van der Waals surface area contributed by atoms with Crippen molar-refractivity contribution in [3.8, 4) is 0 Å². The van der Waals surface area contributed by atoms with Crippen LogP contribution in [-0.2, 0) is 11.3 Å². The van der Waals surface area contributed by atoms with Crippen LogP contribution >= 0.6 is 11.3 Å². The van der Waals surface area contributed by atoms with Gasteiger partial charge in [0.05, 0.1) is 5.60 Å². The lowest BCUT2D eigenvalue weighted by Gasteiger charge is -2.35. The molecule has 0 radical (unpaired) electrons. The average Bonchev–Trinajstić information content (AvgIpc) is 2.60. The summed E-state index contributed by atoms with van der Waals surface area (Å²) in [6.45, 7) is 5.78. The second-order valence-corrected chi connectivity index (χ2v) is 5.69. The van der Waals surface area contributed by atoms with Gasteiger partial charge in [0, 0.05) is 30.3 Å². The van der Waals surface area contributed by atoms with Crippen LogP contribution in [0.4, 0.5) is 0 Å². The van der Waals surface area contributed by atoms with Crippen molar-refractivity contribution in [2.45, 2.75) is 44.9 Å². The minimum absolute atomic E-state index is 0.0177. The molecular weight excluding hydrogens is 224 g/mol. The first-order chi connectivity index (χ1) is 7.55. The van der Waals surface area contributed by atoms with Crippen molar-refractivity contribution in [3.63, 3.8) is 0 Å². The number of aromatic nitrogens is 1. The highest BCUT2D eigenvalue weighted by Crippen LogP contribution is 2.23.